The van der Waals surface area contributed by atoms with Gasteiger partial charge in [-0.25, -0.2) is 9.78 Å². The molecule has 3 aromatic rings. The molecule has 0 spiro atoms. The Bertz CT molecular complexity index is 1140. The van der Waals surface area contributed by atoms with Crippen molar-refractivity contribution in [3.8, 4) is 6.07 Å². The number of fused-ring (bicyclic) bond motifs is 1. The topological polar surface area (TPSA) is 90.9 Å². The third kappa shape index (κ3) is 3.88. The number of anilines is 2. The van der Waals surface area contributed by atoms with Crippen LogP contribution in [0.2, 0.25) is 0 Å². The molecule has 1 heterocycles. The van der Waals surface area contributed by atoms with Crippen LogP contribution in [-0.2, 0) is 0 Å². The van der Waals surface area contributed by atoms with Gasteiger partial charge in [-0.3, -0.25) is 0 Å². The number of benzene rings is 2. The predicted molar refractivity (Wildman–Crippen MR) is 117 cm³/mol. The second-order valence-corrected chi connectivity index (χ2v) is 9.20. The van der Waals surface area contributed by atoms with Gasteiger partial charge in [-0.1, -0.05) is 20.8 Å². The SMILES string of the molecule is CC1C[C@H](n2c(Nc3ccc(C#N)cc3)nc3cc(C(=O)O)ccc32)CC(C)(C)C1. The average molecular weight is 402 g/mol. The molecule has 0 bridgehead atoms. The van der Waals surface area contributed by atoms with Crippen molar-refractivity contribution in [1.29, 1.82) is 5.26 Å². The number of hydrogen-bond donors (Lipinski definition) is 2. The van der Waals surface area contributed by atoms with Crippen LogP contribution in [0.25, 0.3) is 11.0 Å². The summed E-state index contributed by atoms with van der Waals surface area (Å²) in [7, 11) is 0. The second-order valence-electron chi connectivity index (χ2n) is 9.20. The van der Waals surface area contributed by atoms with Crippen LogP contribution in [0, 0.1) is 22.7 Å². The number of carbonyl (C=O) groups is 1. The molecule has 154 valence electrons. The molecule has 6 nitrogen and oxygen atoms in total. The smallest absolute Gasteiger partial charge is 0.335 e. The monoisotopic (exact) mass is 402 g/mol. The van der Waals surface area contributed by atoms with Gasteiger partial charge in [0.2, 0.25) is 5.95 Å². The first-order chi connectivity index (χ1) is 14.3. The minimum absolute atomic E-state index is 0.228. The number of nitriles is 1. The fraction of sp³-hybridized carbons (Fsp3) is 0.375. The molecule has 0 saturated heterocycles. The maximum Gasteiger partial charge on any atom is 0.335 e. The highest BCUT2D eigenvalue weighted by atomic mass is 16.4. The van der Waals surface area contributed by atoms with Crippen molar-refractivity contribution in [1.82, 2.24) is 9.55 Å². The highest BCUT2D eigenvalue weighted by molar-refractivity contribution is 5.93. The molecule has 2 atom stereocenters. The summed E-state index contributed by atoms with van der Waals surface area (Å²) in [6, 6.07) is 14.8. The molecule has 6 heteroatoms. The predicted octanol–water partition coefficient (Wildman–Crippen LogP) is 5.74. The van der Waals surface area contributed by atoms with Crippen LogP contribution in [-0.4, -0.2) is 20.6 Å². The van der Waals surface area contributed by atoms with Crippen LogP contribution in [0.1, 0.15) is 62.0 Å². The van der Waals surface area contributed by atoms with Crippen molar-refractivity contribution in [3.63, 3.8) is 0 Å². The summed E-state index contributed by atoms with van der Waals surface area (Å²) >= 11 is 0. The number of aromatic carboxylic acids is 1. The zero-order valence-electron chi connectivity index (χ0n) is 17.5. The van der Waals surface area contributed by atoms with Gasteiger partial charge in [0.05, 0.1) is 28.2 Å². The molecule has 0 radical (unpaired) electrons. The quantitative estimate of drug-likeness (QED) is 0.581. The lowest BCUT2D eigenvalue weighted by Gasteiger charge is -2.40. The van der Waals surface area contributed by atoms with E-state index in [1.165, 1.54) is 6.42 Å². The van der Waals surface area contributed by atoms with Crippen LogP contribution in [0.4, 0.5) is 11.6 Å². The van der Waals surface area contributed by atoms with E-state index in [2.05, 4.69) is 36.7 Å². The first-order valence-corrected chi connectivity index (χ1v) is 10.3. The first kappa shape index (κ1) is 20.0. The zero-order chi connectivity index (χ0) is 21.5. The van der Waals surface area contributed by atoms with Gasteiger partial charge < -0.3 is 15.0 Å². The van der Waals surface area contributed by atoms with E-state index in [0.717, 1.165) is 24.0 Å². The molecule has 2 aromatic carbocycles. The minimum atomic E-state index is -0.958. The lowest BCUT2D eigenvalue weighted by molar-refractivity contribution is 0.0697. The van der Waals surface area contributed by atoms with Crippen molar-refractivity contribution in [2.45, 2.75) is 46.1 Å². The third-order valence-electron chi connectivity index (χ3n) is 5.94. The Morgan fingerprint density at radius 3 is 2.60 bits per heavy atom. The van der Waals surface area contributed by atoms with Gasteiger partial charge in [0.1, 0.15) is 0 Å². The second kappa shape index (κ2) is 7.49. The Kier molecular flexibility index (Phi) is 4.98. The number of hydrogen-bond acceptors (Lipinski definition) is 4. The van der Waals surface area contributed by atoms with E-state index in [9.17, 15) is 9.90 Å². The first-order valence-electron chi connectivity index (χ1n) is 10.3. The summed E-state index contributed by atoms with van der Waals surface area (Å²) in [5, 5.41) is 21.8. The van der Waals surface area contributed by atoms with Gasteiger partial charge in [-0.15, -0.1) is 0 Å². The van der Waals surface area contributed by atoms with Crippen LogP contribution in [0.3, 0.4) is 0 Å². The maximum atomic E-state index is 11.4. The van der Waals surface area contributed by atoms with Gasteiger partial charge in [0.15, 0.2) is 0 Å². The van der Waals surface area contributed by atoms with Crippen LogP contribution in [0.5, 0.6) is 0 Å². The molecular formula is C24H26N4O2. The Labute approximate surface area is 176 Å². The number of imidazole rings is 1. The van der Waals surface area contributed by atoms with Crippen molar-refractivity contribution < 1.29 is 9.90 Å². The highest BCUT2D eigenvalue weighted by Crippen LogP contribution is 2.46. The number of nitrogens with one attached hydrogen (secondary N) is 1. The molecule has 4 rings (SSSR count). The van der Waals surface area contributed by atoms with Crippen molar-refractivity contribution >= 4 is 28.6 Å². The molecular weight excluding hydrogens is 376 g/mol. The molecule has 1 fully saturated rings. The third-order valence-corrected chi connectivity index (χ3v) is 5.94. The molecule has 30 heavy (non-hydrogen) atoms. The van der Waals surface area contributed by atoms with Gasteiger partial charge in [0.25, 0.3) is 0 Å². The lowest BCUT2D eigenvalue weighted by Crippen LogP contribution is -2.29. The van der Waals surface area contributed by atoms with E-state index in [-0.39, 0.29) is 17.0 Å². The van der Waals surface area contributed by atoms with Gasteiger partial charge >= 0.3 is 5.97 Å². The number of carboxylic acid groups (broad SMARTS) is 1. The summed E-state index contributed by atoms with van der Waals surface area (Å²) < 4.78 is 2.23. The van der Waals surface area contributed by atoms with E-state index in [4.69, 9.17) is 10.2 Å². The molecule has 0 aliphatic heterocycles. The summed E-state index contributed by atoms with van der Waals surface area (Å²) in [6.07, 6.45) is 3.28. The number of nitrogens with zero attached hydrogens (tertiary/aromatic N) is 3. The maximum absolute atomic E-state index is 11.4. The van der Waals surface area contributed by atoms with E-state index in [0.29, 0.717) is 22.9 Å². The minimum Gasteiger partial charge on any atom is -0.478 e. The highest BCUT2D eigenvalue weighted by Gasteiger charge is 2.34. The largest absolute Gasteiger partial charge is 0.478 e. The summed E-state index contributed by atoms with van der Waals surface area (Å²) in [5.74, 6) is 0.338. The van der Waals surface area contributed by atoms with Gasteiger partial charge in [-0.05, 0) is 73.1 Å². The summed E-state index contributed by atoms with van der Waals surface area (Å²) in [6.45, 7) is 6.92. The van der Waals surface area contributed by atoms with Crippen molar-refractivity contribution in [3.05, 3.63) is 53.6 Å². The van der Waals surface area contributed by atoms with E-state index >= 15 is 0 Å². The van der Waals surface area contributed by atoms with Gasteiger partial charge in [0, 0.05) is 11.7 Å². The van der Waals surface area contributed by atoms with Crippen LogP contribution in [0.15, 0.2) is 42.5 Å². The van der Waals surface area contributed by atoms with Gasteiger partial charge in [-0.2, -0.15) is 5.26 Å². The number of aromatic nitrogens is 2. The normalized spacial score (nSPS) is 20.6. The Balaban J connectivity index is 1.81. The average Bonchev–Trinajstić information content (AvgIpc) is 3.04. The van der Waals surface area contributed by atoms with E-state index in [1.807, 2.05) is 18.2 Å². The molecule has 1 aromatic heterocycles. The molecule has 1 unspecified atom stereocenters. The molecule has 1 aliphatic carbocycles. The Hall–Kier alpha value is -3.33. The fourth-order valence-corrected chi connectivity index (χ4v) is 4.94. The number of rotatable bonds is 4. The van der Waals surface area contributed by atoms with Crippen molar-refractivity contribution in [2.24, 2.45) is 11.3 Å². The van der Waals surface area contributed by atoms with Crippen LogP contribution < -0.4 is 5.32 Å². The summed E-state index contributed by atoms with van der Waals surface area (Å²) in [5.41, 5.74) is 3.50. The van der Waals surface area contributed by atoms with E-state index < -0.39 is 5.97 Å². The molecule has 0 amide bonds. The fourth-order valence-electron chi connectivity index (χ4n) is 4.94. The standard InChI is InChI=1S/C24H26N4O2/c1-15-10-19(13-24(2,3)12-15)28-21-9-6-17(22(29)30)11-20(21)27-23(28)26-18-7-4-16(14-25)5-8-18/h4-9,11,15,19H,10,12-13H2,1-3H3,(H,26,27)(H,29,30)/t15?,19-/m0/s1. The van der Waals surface area contributed by atoms with Crippen molar-refractivity contribution in [2.75, 3.05) is 5.32 Å². The van der Waals surface area contributed by atoms with E-state index in [1.54, 1.807) is 24.3 Å². The zero-order valence-corrected chi connectivity index (χ0v) is 17.5. The molecule has 1 saturated carbocycles. The molecule has 1 aliphatic rings. The molecule has 2 N–H and O–H groups in total. The Morgan fingerprint density at radius 2 is 1.97 bits per heavy atom. The number of carboxylic acids is 1. The Morgan fingerprint density at radius 1 is 1.23 bits per heavy atom. The summed E-state index contributed by atoms with van der Waals surface area (Å²) in [4.78, 5) is 16.2. The lowest BCUT2D eigenvalue weighted by atomic mass is 9.70. The van der Waals surface area contributed by atoms with Crippen LogP contribution >= 0.6 is 0 Å².